The minimum atomic E-state index is -4.24. The van der Waals surface area contributed by atoms with Crippen molar-refractivity contribution in [3.63, 3.8) is 0 Å². The number of halogens is 2. The molecular weight excluding hydrogens is 637 g/mol. The number of nitrogens with one attached hydrogen (secondary N) is 1. The van der Waals surface area contributed by atoms with Gasteiger partial charge in [0.15, 0.2) is 11.5 Å². The highest BCUT2D eigenvalue weighted by atomic mass is 35.5. The number of carbonyl (C=O) groups is 2. The average molecular weight is 675 g/mol. The van der Waals surface area contributed by atoms with Crippen molar-refractivity contribution < 1.29 is 27.5 Å². The van der Waals surface area contributed by atoms with Crippen molar-refractivity contribution in [3.05, 3.63) is 82.3 Å². The molecule has 1 unspecified atom stereocenters. The van der Waals surface area contributed by atoms with E-state index >= 15 is 0 Å². The van der Waals surface area contributed by atoms with E-state index in [1.165, 1.54) is 17.0 Å². The highest BCUT2D eigenvalue weighted by molar-refractivity contribution is 7.92. The quantitative estimate of drug-likeness (QED) is 0.259. The van der Waals surface area contributed by atoms with E-state index in [0.29, 0.717) is 46.7 Å². The second-order valence-corrected chi connectivity index (χ2v) is 13.8. The molecule has 0 saturated heterocycles. The minimum Gasteiger partial charge on any atom is -0.486 e. The number of carbonyl (C=O) groups excluding carboxylic acids is 2. The second kappa shape index (κ2) is 14.7. The fourth-order valence-electron chi connectivity index (χ4n) is 5.75. The standard InChI is InChI=1S/C33H37Cl2N3O6S/c1-2-29(33(40)36-23-10-5-3-6-11-23)37(21-26-27(34)14-9-15-28(26)35)32(39)22-38(45(41,42)25-12-7-4-8-13-25)24-16-17-30-31(20-24)44-19-18-43-30/h4,7-9,12-17,20,23,29H,2-3,5-6,10-11,18-19,21-22H2,1H3,(H,36,40). The van der Waals surface area contributed by atoms with Gasteiger partial charge in [-0.1, -0.05) is 73.7 Å². The van der Waals surface area contributed by atoms with Crippen LogP contribution in [0.25, 0.3) is 0 Å². The van der Waals surface area contributed by atoms with Crippen LogP contribution in [0.15, 0.2) is 71.6 Å². The van der Waals surface area contributed by atoms with Gasteiger partial charge in [-0.2, -0.15) is 0 Å². The Morgan fingerprint density at radius 1 is 0.911 bits per heavy atom. The summed E-state index contributed by atoms with van der Waals surface area (Å²) in [5, 5.41) is 3.81. The topological polar surface area (TPSA) is 105 Å². The third-order valence-corrected chi connectivity index (χ3v) is 10.6. The van der Waals surface area contributed by atoms with Crippen molar-refractivity contribution in [1.82, 2.24) is 10.2 Å². The first-order valence-electron chi connectivity index (χ1n) is 15.2. The number of nitrogens with zero attached hydrogens (tertiary/aromatic N) is 2. The molecule has 3 aromatic rings. The predicted molar refractivity (Wildman–Crippen MR) is 175 cm³/mol. The van der Waals surface area contributed by atoms with E-state index in [1.54, 1.807) is 54.6 Å². The summed E-state index contributed by atoms with van der Waals surface area (Å²) in [7, 11) is -4.24. The fourth-order valence-corrected chi connectivity index (χ4v) is 7.70. The van der Waals surface area contributed by atoms with Crippen molar-refractivity contribution in [2.45, 2.75) is 69.0 Å². The number of sulfonamides is 1. The smallest absolute Gasteiger partial charge is 0.264 e. The number of rotatable bonds is 11. The van der Waals surface area contributed by atoms with Crippen LogP contribution in [-0.4, -0.2) is 57.0 Å². The van der Waals surface area contributed by atoms with E-state index in [0.717, 1.165) is 36.4 Å². The number of amides is 2. The molecule has 1 N–H and O–H groups in total. The average Bonchev–Trinajstić information content (AvgIpc) is 3.05. The Kier molecular flexibility index (Phi) is 10.8. The van der Waals surface area contributed by atoms with E-state index in [1.807, 2.05) is 6.92 Å². The van der Waals surface area contributed by atoms with Crippen LogP contribution in [-0.2, 0) is 26.2 Å². The molecule has 0 radical (unpaired) electrons. The number of ether oxygens (including phenoxy) is 2. The van der Waals surface area contributed by atoms with Crippen LogP contribution in [0.1, 0.15) is 51.0 Å². The zero-order valence-corrected chi connectivity index (χ0v) is 27.4. The molecule has 0 aromatic heterocycles. The molecule has 240 valence electrons. The van der Waals surface area contributed by atoms with Crippen LogP contribution >= 0.6 is 23.2 Å². The molecule has 1 heterocycles. The Labute approximate surface area is 274 Å². The molecule has 0 spiro atoms. The van der Waals surface area contributed by atoms with Gasteiger partial charge in [0, 0.05) is 34.3 Å². The zero-order chi connectivity index (χ0) is 32.0. The Bertz CT molecular complexity index is 1600. The maximum atomic E-state index is 14.4. The first kappa shape index (κ1) is 32.9. The van der Waals surface area contributed by atoms with Crippen LogP contribution in [0.5, 0.6) is 11.5 Å². The van der Waals surface area contributed by atoms with Crippen molar-refractivity contribution >= 4 is 50.7 Å². The van der Waals surface area contributed by atoms with E-state index in [4.69, 9.17) is 32.7 Å². The Balaban J connectivity index is 1.53. The summed E-state index contributed by atoms with van der Waals surface area (Å²) in [4.78, 5) is 29.6. The van der Waals surface area contributed by atoms with Crippen LogP contribution in [0.3, 0.4) is 0 Å². The van der Waals surface area contributed by atoms with Gasteiger partial charge in [0.1, 0.15) is 25.8 Å². The molecule has 1 fully saturated rings. The van der Waals surface area contributed by atoms with E-state index in [-0.39, 0.29) is 29.1 Å². The largest absolute Gasteiger partial charge is 0.486 e. The summed E-state index contributed by atoms with van der Waals surface area (Å²) < 4.78 is 40.6. The van der Waals surface area contributed by atoms with Crippen LogP contribution < -0.4 is 19.1 Å². The van der Waals surface area contributed by atoms with Crippen molar-refractivity contribution in [2.75, 3.05) is 24.1 Å². The van der Waals surface area contributed by atoms with E-state index in [2.05, 4.69) is 5.32 Å². The summed E-state index contributed by atoms with van der Waals surface area (Å²) in [6.07, 6.45) is 5.23. The fraction of sp³-hybridized carbons (Fsp3) is 0.394. The van der Waals surface area contributed by atoms with Gasteiger partial charge < -0.3 is 19.7 Å². The van der Waals surface area contributed by atoms with Crippen LogP contribution in [0.4, 0.5) is 5.69 Å². The zero-order valence-electron chi connectivity index (χ0n) is 25.1. The number of benzene rings is 3. The maximum absolute atomic E-state index is 14.4. The molecule has 5 rings (SSSR count). The lowest BCUT2D eigenvalue weighted by Gasteiger charge is -2.35. The third kappa shape index (κ3) is 7.68. The molecule has 9 nitrogen and oxygen atoms in total. The molecule has 2 amide bonds. The summed E-state index contributed by atoms with van der Waals surface area (Å²) in [5.74, 6) is -0.0324. The van der Waals surface area contributed by atoms with Gasteiger partial charge in [-0.25, -0.2) is 8.42 Å². The molecule has 2 aliphatic rings. The van der Waals surface area contributed by atoms with E-state index in [9.17, 15) is 18.0 Å². The second-order valence-electron chi connectivity index (χ2n) is 11.1. The highest BCUT2D eigenvalue weighted by Crippen LogP contribution is 2.36. The summed E-state index contributed by atoms with van der Waals surface area (Å²) in [5.41, 5.74) is 0.682. The molecule has 0 bridgehead atoms. The maximum Gasteiger partial charge on any atom is 0.264 e. The predicted octanol–water partition coefficient (Wildman–Crippen LogP) is 6.22. The van der Waals surface area contributed by atoms with Gasteiger partial charge in [0.05, 0.1) is 10.6 Å². The number of hydrogen-bond acceptors (Lipinski definition) is 6. The summed E-state index contributed by atoms with van der Waals surface area (Å²) >= 11 is 13.1. The minimum absolute atomic E-state index is 0.00969. The molecule has 1 saturated carbocycles. The Morgan fingerprint density at radius 2 is 1.58 bits per heavy atom. The van der Waals surface area contributed by atoms with Crippen LogP contribution in [0, 0.1) is 0 Å². The lowest BCUT2D eigenvalue weighted by molar-refractivity contribution is -0.140. The monoisotopic (exact) mass is 673 g/mol. The normalized spacial score (nSPS) is 15.6. The first-order valence-corrected chi connectivity index (χ1v) is 17.4. The van der Waals surface area contributed by atoms with Gasteiger partial charge in [-0.05, 0) is 55.7 Å². The summed E-state index contributed by atoms with van der Waals surface area (Å²) in [6, 6.07) is 16.8. The van der Waals surface area contributed by atoms with Crippen LogP contribution in [0.2, 0.25) is 10.0 Å². The summed E-state index contributed by atoms with van der Waals surface area (Å²) in [6.45, 7) is 1.82. The van der Waals surface area contributed by atoms with Gasteiger partial charge in [0.2, 0.25) is 11.8 Å². The lowest BCUT2D eigenvalue weighted by atomic mass is 9.95. The molecule has 3 aromatic carbocycles. The Hall–Kier alpha value is -3.47. The SMILES string of the molecule is CCC(C(=O)NC1CCCCC1)N(Cc1c(Cl)cccc1Cl)C(=O)CN(c1ccc2c(c1)OCCO2)S(=O)(=O)c1ccccc1. The van der Waals surface area contributed by atoms with Crippen molar-refractivity contribution in [2.24, 2.45) is 0 Å². The molecular formula is C33H37Cl2N3O6S. The molecule has 1 aliphatic heterocycles. The molecule has 1 atom stereocenters. The molecule has 12 heteroatoms. The first-order chi connectivity index (χ1) is 21.7. The van der Waals surface area contributed by atoms with Gasteiger partial charge in [-0.3, -0.25) is 13.9 Å². The van der Waals surface area contributed by atoms with Gasteiger partial charge in [0.25, 0.3) is 10.0 Å². The van der Waals surface area contributed by atoms with Gasteiger partial charge in [-0.15, -0.1) is 0 Å². The third-order valence-electron chi connectivity index (χ3n) is 8.15. The van der Waals surface area contributed by atoms with Gasteiger partial charge >= 0.3 is 0 Å². The Morgan fingerprint density at radius 3 is 2.24 bits per heavy atom. The number of fused-ring (bicyclic) bond motifs is 1. The number of hydrogen-bond donors (Lipinski definition) is 1. The van der Waals surface area contributed by atoms with Crippen molar-refractivity contribution in [3.8, 4) is 11.5 Å². The number of anilines is 1. The molecule has 1 aliphatic carbocycles. The lowest BCUT2D eigenvalue weighted by Crippen LogP contribution is -2.54. The van der Waals surface area contributed by atoms with Crippen molar-refractivity contribution in [1.29, 1.82) is 0 Å². The highest BCUT2D eigenvalue weighted by Gasteiger charge is 2.35. The van der Waals surface area contributed by atoms with E-state index < -0.39 is 28.5 Å². The molecule has 45 heavy (non-hydrogen) atoms.